The molecule has 0 N–H and O–H groups in total. The second-order valence-electron chi connectivity index (χ2n) is 7.11. The van der Waals surface area contributed by atoms with E-state index >= 15 is 0 Å². The Hall–Kier alpha value is -2.89. The number of nitrogens with zero attached hydrogens (tertiary/aromatic N) is 4. The Bertz CT molecular complexity index is 981. The summed E-state index contributed by atoms with van der Waals surface area (Å²) in [6.07, 6.45) is 6.96. The number of hydrogen-bond donors (Lipinski definition) is 0. The molecule has 6 nitrogen and oxygen atoms in total. The molecule has 1 aliphatic heterocycles. The molecule has 1 atom stereocenters. The van der Waals surface area contributed by atoms with Gasteiger partial charge >= 0.3 is 6.09 Å². The molecule has 4 rings (SSSR count). The average Bonchev–Trinajstić information content (AvgIpc) is 3.02. The summed E-state index contributed by atoms with van der Waals surface area (Å²) in [7, 11) is 3.49. The molecule has 1 aliphatic rings. The highest BCUT2D eigenvalue weighted by molar-refractivity contribution is 5.95. The van der Waals surface area contributed by atoms with E-state index < -0.39 is 0 Å². The number of imidazole rings is 1. The summed E-state index contributed by atoms with van der Waals surface area (Å²) >= 11 is 0. The molecule has 3 aromatic rings. The van der Waals surface area contributed by atoms with E-state index in [2.05, 4.69) is 35.7 Å². The first-order chi connectivity index (χ1) is 13.1. The molecule has 0 aliphatic carbocycles. The van der Waals surface area contributed by atoms with E-state index in [0.717, 1.165) is 53.8 Å². The van der Waals surface area contributed by atoms with E-state index in [1.165, 1.54) is 12.7 Å². The van der Waals surface area contributed by atoms with E-state index in [1.54, 1.807) is 11.1 Å². The van der Waals surface area contributed by atoms with Crippen LogP contribution in [0.4, 0.5) is 10.5 Å². The summed E-state index contributed by atoms with van der Waals surface area (Å²) in [6, 6.07) is 8.26. The normalized spacial score (nSPS) is 16.4. The van der Waals surface area contributed by atoms with Gasteiger partial charge in [0.15, 0.2) is 0 Å². The molecular weight excluding hydrogens is 340 g/mol. The minimum atomic E-state index is -0.310. The van der Waals surface area contributed by atoms with Crippen molar-refractivity contribution in [3.8, 4) is 0 Å². The molecule has 3 heterocycles. The van der Waals surface area contributed by atoms with Crippen LogP contribution in [0.2, 0.25) is 0 Å². The second kappa shape index (κ2) is 7.02. The molecule has 2 aromatic heterocycles. The van der Waals surface area contributed by atoms with Gasteiger partial charge in [0.05, 0.1) is 23.8 Å². The maximum Gasteiger partial charge on any atom is 0.414 e. The smallest absolute Gasteiger partial charge is 0.414 e. The van der Waals surface area contributed by atoms with Gasteiger partial charge in [-0.15, -0.1) is 0 Å². The molecule has 27 heavy (non-hydrogen) atoms. The van der Waals surface area contributed by atoms with Gasteiger partial charge in [0.2, 0.25) is 0 Å². The highest BCUT2D eigenvalue weighted by atomic mass is 16.5. The molecule has 0 unspecified atom stereocenters. The average molecular weight is 364 g/mol. The minimum absolute atomic E-state index is 0.121. The van der Waals surface area contributed by atoms with E-state index in [1.807, 2.05) is 18.3 Å². The number of anilines is 1. The van der Waals surface area contributed by atoms with Gasteiger partial charge in [-0.05, 0) is 49.9 Å². The number of ether oxygens (including phenoxy) is 1. The molecule has 0 saturated heterocycles. The molecule has 140 valence electrons. The zero-order chi connectivity index (χ0) is 19.0. The third kappa shape index (κ3) is 3.05. The number of fused-ring (bicyclic) bond motifs is 3. The quantitative estimate of drug-likeness (QED) is 0.712. The SMILES string of the molecule is COC(=O)N1c2ccc3c(nc(CCc4cccnc4)n3C)c2CC[C@@H]1C. The summed E-state index contributed by atoms with van der Waals surface area (Å²) in [5, 5.41) is 0. The van der Waals surface area contributed by atoms with Gasteiger partial charge in [0.25, 0.3) is 0 Å². The van der Waals surface area contributed by atoms with Gasteiger partial charge in [-0.25, -0.2) is 9.78 Å². The Morgan fingerprint density at radius 3 is 2.89 bits per heavy atom. The van der Waals surface area contributed by atoms with Gasteiger partial charge in [-0.1, -0.05) is 6.07 Å². The number of methoxy groups -OCH3 is 1. The highest BCUT2D eigenvalue weighted by Gasteiger charge is 2.31. The number of aryl methyl sites for hydroxylation is 4. The number of hydrogen-bond acceptors (Lipinski definition) is 4. The number of amides is 1. The first kappa shape index (κ1) is 17.5. The molecule has 0 fully saturated rings. The fourth-order valence-electron chi connectivity index (χ4n) is 3.95. The highest BCUT2D eigenvalue weighted by Crippen LogP contribution is 2.36. The van der Waals surface area contributed by atoms with Crippen LogP contribution in [0.25, 0.3) is 11.0 Å². The van der Waals surface area contributed by atoms with Crippen molar-refractivity contribution in [3.63, 3.8) is 0 Å². The number of rotatable bonds is 3. The maximum absolute atomic E-state index is 12.3. The molecule has 0 saturated carbocycles. The van der Waals surface area contributed by atoms with Crippen molar-refractivity contribution in [2.75, 3.05) is 12.0 Å². The third-order valence-corrected chi connectivity index (χ3v) is 5.47. The Labute approximate surface area is 158 Å². The summed E-state index contributed by atoms with van der Waals surface area (Å²) in [4.78, 5) is 23.2. The molecule has 1 aromatic carbocycles. The molecule has 6 heteroatoms. The Morgan fingerprint density at radius 2 is 2.15 bits per heavy atom. The lowest BCUT2D eigenvalue weighted by atomic mass is 9.96. The van der Waals surface area contributed by atoms with Gasteiger partial charge in [0.1, 0.15) is 5.82 Å². The van der Waals surface area contributed by atoms with Crippen molar-refractivity contribution in [1.82, 2.24) is 14.5 Å². The summed E-state index contributed by atoms with van der Waals surface area (Å²) in [5.41, 5.74) is 5.37. The predicted molar refractivity (Wildman–Crippen MR) is 105 cm³/mol. The van der Waals surface area contributed by atoms with Crippen molar-refractivity contribution >= 4 is 22.8 Å². The zero-order valence-corrected chi connectivity index (χ0v) is 16.0. The lowest BCUT2D eigenvalue weighted by Crippen LogP contribution is -2.42. The lowest BCUT2D eigenvalue weighted by Gasteiger charge is -2.34. The Morgan fingerprint density at radius 1 is 1.30 bits per heavy atom. The van der Waals surface area contributed by atoms with Gasteiger partial charge in [0, 0.05) is 37.5 Å². The van der Waals surface area contributed by atoms with Crippen molar-refractivity contribution in [2.24, 2.45) is 7.05 Å². The number of pyridine rings is 1. The van der Waals surface area contributed by atoms with Crippen LogP contribution in [-0.2, 0) is 31.0 Å². The fraction of sp³-hybridized carbons (Fsp3) is 0.381. The Kier molecular flexibility index (Phi) is 4.56. The molecule has 0 radical (unpaired) electrons. The second-order valence-corrected chi connectivity index (χ2v) is 7.11. The van der Waals surface area contributed by atoms with E-state index in [4.69, 9.17) is 9.72 Å². The summed E-state index contributed by atoms with van der Waals surface area (Å²) in [6.45, 7) is 2.06. The number of carbonyl (C=O) groups excluding carboxylic acids is 1. The van der Waals surface area contributed by atoms with Crippen LogP contribution in [0, 0.1) is 0 Å². The van der Waals surface area contributed by atoms with Crippen molar-refractivity contribution in [1.29, 1.82) is 0 Å². The van der Waals surface area contributed by atoms with Gasteiger partial charge in [-0.3, -0.25) is 9.88 Å². The van der Waals surface area contributed by atoms with Crippen LogP contribution < -0.4 is 4.90 Å². The van der Waals surface area contributed by atoms with Crippen LogP contribution >= 0.6 is 0 Å². The summed E-state index contributed by atoms with van der Waals surface area (Å²) in [5.74, 6) is 1.05. The van der Waals surface area contributed by atoms with E-state index in [9.17, 15) is 4.79 Å². The van der Waals surface area contributed by atoms with Crippen LogP contribution in [-0.4, -0.2) is 33.8 Å². The number of benzene rings is 1. The van der Waals surface area contributed by atoms with Crippen molar-refractivity contribution in [3.05, 3.63) is 53.6 Å². The van der Waals surface area contributed by atoms with E-state index in [-0.39, 0.29) is 12.1 Å². The minimum Gasteiger partial charge on any atom is -0.452 e. The maximum atomic E-state index is 12.3. The van der Waals surface area contributed by atoms with Crippen molar-refractivity contribution < 1.29 is 9.53 Å². The predicted octanol–water partition coefficient (Wildman–Crippen LogP) is 3.66. The fourth-order valence-corrected chi connectivity index (χ4v) is 3.95. The molecular formula is C21H24N4O2. The first-order valence-electron chi connectivity index (χ1n) is 9.33. The van der Waals surface area contributed by atoms with E-state index in [0.29, 0.717) is 0 Å². The van der Waals surface area contributed by atoms with Crippen molar-refractivity contribution in [2.45, 2.75) is 38.6 Å². The van der Waals surface area contributed by atoms with Crippen LogP contribution in [0.3, 0.4) is 0 Å². The third-order valence-electron chi connectivity index (χ3n) is 5.47. The van der Waals surface area contributed by atoms with Crippen LogP contribution in [0.15, 0.2) is 36.7 Å². The zero-order valence-electron chi connectivity index (χ0n) is 16.0. The number of carbonyl (C=O) groups is 1. The standard InChI is InChI=1S/C21H24N4O2/c1-14-6-8-16-17(25(14)21(26)27-3)9-10-18-20(16)23-19(24(18)2)11-7-15-5-4-12-22-13-15/h4-5,9-10,12-14H,6-8,11H2,1-3H3/t14-/m0/s1. The molecule has 1 amide bonds. The number of aromatic nitrogens is 3. The summed E-state index contributed by atoms with van der Waals surface area (Å²) < 4.78 is 7.16. The lowest BCUT2D eigenvalue weighted by molar-refractivity contribution is 0.175. The molecule has 0 bridgehead atoms. The topological polar surface area (TPSA) is 60.2 Å². The van der Waals surface area contributed by atoms with Crippen LogP contribution in [0.5, 0.6) is 0 Å². The van der Waals surface area contributed by atoms with Crippen LogP contribution in [0.1, 0.15) is 30.3 Å². The monoisotopic (exact) mass is 364 g/mol. The van der Waals surface area contributed by atoms with Gasteiger partial charge < -0.3 is 9.30 Å². The molecule has 0 spiro atoms. The Balaban J connectivity index is 1.71. The first-order valence-corrected chi connectivity index (χ1v) is 9.33. The van der Waals surface area contributed by atoms with Gasteiger partial charge in [-0.2, -0.15) is 0 Å². The largest absolute Gasteiger partial charge is 0.452 e.